The molecule has 0 aromatic heterocycles. The van der Waals surface area contributed by atoms with Gasteiger partial charge >= 0.3 is 6.03 Å². The third-order valence-corrected chi connectivity index (χ3v) is 3.83. The van der Waals surface area contributed by atoms with Crippen LogP contribution in [0.4, 0.5) is 4.79 Å². The lowest BCUT2D eigenvalue weighted by Crippen LogP contribution is -2.36. The second-order valence-corrected chi connectivity index (χ2v) is 5.87. The van der Waals surface area contributed by atoms with Crippen LogP contribution in [0.25, 0.3) is 0 Å². The van der Waals surface area contributed by atoms with Crippen molar-refractivity contribution >= 4 is 22.0 Å². The fourth-order valence-corrected chi connectivity index (χ4v) is 2.35. The Morgan fingerprint density at radius 1 is 1.18 bits per heavy atom. The summed E-state index contributed by atoms with van der Waals surface area (Å²) in [6, 6.07) is 15.5. The van der Waals surface area contributed by atoms with Gasteiger partial charge in [0.05, 0.1) is 7.11 Å². The highest BCUT2D eigenvalue weighted by Crippen LogP contribution is 2.17. The highest BCUT2D eigenvalue weighted by atomic mass is 79.9. The van der Waals surface area contributed by atoms with Crippen molar-refractivity contribution in [2.45, 2.75) is 13.1 Å². The minimum absolute atomic E-state index is 0.117. The number of hydrogen-bond acceptors (Lipinski definition) is 2. The number of nitrogens with zero attached hydrogens (tertiary/aromatic N) is 1. The van der Waals surface area contributed by atoms with Gasteiger partial charge in [-0.3, -0.25) is 0 Å². The van der Waals surface area contributed by atoms with Crippen LogP contribution in [-0.4, -0.2) is 25.1 Å². The number of carbonyl (C=O) groups excluding carboxylic acids is 1. The molecule has 2 rings (SSSR count). The Hall–Kier alpha value is -2.01. The van der Waals surface area contributed by atoms with E-state index in [4.69, 9.17) is 4.74 Å². The van der Waals surface area contributed by atoms with Gasteiger partial charge in [0, 0.05) is 30.2 Å². The third kappa shape index (κ3) is 4.49. The van der Waals surface area contributed by atoms with Crippen LogP contribution >= 0.6 is 15.9 Å². The van der Waals surface area contributed by atoms with Gasteiger partial charge < -0.3 is 15.0 Å². The molecule has 0 bridgehead atoms. The first-order valence-corrected chi connectivity index (χ1v) is 7.74. The topological polar surface area (TPSA) is 41.6 Å². The summed E-state index contributed by atoms with van der Waals surface area (Å²) in [5, 5.41) is 2.90. The molecule has 4 nitrogen and oxygen atoms in total. The number of urea groups is 1. The van der Waals surface area contributed by atoms with Gasteiger partial charge in [-0.05, 0) is 23.8 Å². The number of hydrogen-bond donors (Lipinski definition) is 1. The summed E-state index contributed by atoms with van der Waals surface area (Å²) in [4.78, 5) is 13.8. The highest BCUT2D eigenvalue weighted by molar-refractivity contribution is 9.10. The molecular weight excluding hydrogens is 344 g/mol. The minimum atomic E-state index is -0.117. The van der Waals surface area contributed by atoms with Gasteiger partial charge in [0.25, 0.3) is 0 Å². The highest BCUT2D eigenvalue weighted by Gasteiger charge is 2.10. The molecule has 0 saturated heterocycles. The number of halogens is 1. The van der Waals surface area contributed by atoms with Crippen LogP contribution in [0.2, 0.25) is 0 Å². The molecule has 0 atom stereocenters. The van der Waals surface area contributed by atoms with Crippen molar-refractivity contribution in [3.8, 4) is 5.75 Å². The monoisotopic (exact) mass is 362 g/mol. The zero-order valence-electron chi connectivity index (χ0n) is 12.7. The molecule has 1 N–H and O–H groups in total. The second kappa shape index (κ2) is 7.84. The number of amides is 2. The SMILES string of the molecule is COc1ccccc1CNC(=O)N(C)Cc1ccc(Br)cc1. The molecule has 2 aromatic carbocycles. The molecule has 2 aromatic rings. The number of rotatable bonds is 5. The summed E-state index contributed by atoms with van der Waals surface area (Å²) >= 11 is 3.40. The van der Waals surface area contributed by atoms with Gasteiger partial charge in [-0.25, -0.2) is 4.79 Å². The normalized spacial score (nSPS) is 10.1. The van der Waals surface area contributed by atoms with Crippen molar-refractivity contribution in [2.24, 2.45) is 0 Å². The van der Waals surface area contributed by atoms with E-state index in [0.717, 1.165) is 21.3 Å². The van der Waals surface area contributed by atoms with E-state index in [1.807, 2.05) is 48.5 Å². The molecule has 0 aliphatic rings. The minimum Gasteiger partial charge on any atom is -0.496 e. The van der Waals surface area contributed by atoms with Crippen molar-refractivity contribution in [1.82, 2.24) is 10.2 Å². The van der Waals surface area contributed by atoms with Gasteiger partial charge in [0.2, 0.25) is 0 Å². The summed E-state index contributed by atoms with van der Waals surface area (Å²) in [6.45, 7) is 0.999. The Kier molecular flexibility index (Phi) is 5.83. The second-order valence-electron chi connectivity index (χ2n) is 4.95. The first-order valence-electron chi connectivity index (χ1n) is 6.95. The number of nitrogens with one attached hydrogen (secondary N) is 1. The van der Waals surface area contributed by atoms with Crippen molar-refractivity contribution in [3.05, 3.63) is 64.1 Å². The lowest BCUT2D eigenvalue weighted by molar-refractivity contribution is 0.206. The first kappa shape index (κ1) is 16.4. The molecule has 2 amide bonds. The maximum absolute atomic E-state index is 12.2. The van der Waals surface area contributed by atoms with Crippen LogP contribution in [0.5, 0.6) is 5.75 Å². The van der Waals surface area contributed by atoms with E-state index in [0.29, 0.717) is 13.1 Å². The molecule has 0 saturated carbocycles. The predicted octanol–water partition coefficient (Wildman–Crippen LogP) is 3.80. The van der Waals surface area contributed by atoms with E-state index in [1.54, 1.807) is 19.1 Å². The smallest absolute Gasteiger partial charge is 0.317 e. The maximum atomic E-state index is 12.2. The third-order valence-electron chi connectivity index (χ3n) is 3.30. The van der Waals surface area contributed by atoms with Crippen LogP contribution in [0.1, 0.15) is 11.1 Å². The Balaban J connectivity index is 1.90. The van der Waals surface area contributed by atoms with Crippen LogP contribution in [-0.2, 0) is 13.1 Å². The van der Waals surface area contributed by atoms with Crippen LogP contribution in [0, 0.1) is 0 Å². The standard InChI is InChI=1S/C17H19BrN2O2/c1-20(12-13-7-9-15(18)10-8-13)17(21)19-11-14-5-3-4-6-16(14)22-2/h3-10H,11-12H2,1-2H3,(H,19,21). The number of carbonyl (C=O) groups is 1. The van der Waals surface area contributed by atoms with Crippen LogP contribution in [0.3, 0.4) is 0 Å². The van der Waals surface area contributed by atoms with E-state index >= 15 is 0 Å². The van der Waals surface area contributed by atoms with Gasteiger partial charge in [-0.1, -0.05) is 46.3 Å². The molecule has 22 heavy (non-hydrogen) atoms. The van der Waals surface area contributed by atoms with Crippen molar-refractivity contribution in [1.29, 1.82) is 0 Å². The average molecular weight is 363 g/mol. The Morgan fingerprint density at radius 3 is 2.55 bits per heavy atom. The predicted molar refractivity (Wildman–Crippen MR) is 90.8 cm³/mol. The summed E-state index contributed by atoms with van der Waals surface area (Å²) in [5.41, 5.74) is 2.04. The molecule has 0 spiro atoms. The van der Waals surface area contributed by atoms with Crippen molar-refractivity contribution < 1.29 is 9.53 Å². The van der Waals surface area contributed by atoms with E-state index in [1.165, 1.54) is 0 Å². The van der Waals surface area contributed by atoms with Crippen molar-refractivity contribution in [3.63, 3.8) is 0 Å². The molecule has 0 radical (unpaired) electrons. The van der Waals surface area contributed by atoms with E-state index in [9.17, 15) is 4.79 Å². The zero-order valence-corrected chi connectivity index (χ0v) is 14.3. The quantitative estimate of drug-likeness (QED) is 0.878. The summed E-state index contributed by atoms with van der Waals surface area (Å²) in [7, 11) is 3.40. The molecule has 0 heterocycles. The van der Waals surface area contributed by atoms with Crippen LogP contribution in [0.15, 0.2) is 53.0 Å². The van der Waals surface area contributed by atoms with Gasteiger partial charge in [0.1, 0.15) is 5.75 Å². The average Bonchev–Trinajstić information content (AvgIpc) is 2.54. The molecular formula is C17H19BrN2O2. The van der Waals surface area contributed by atoms with Crippen molar-refractivity contribution in [2.75, 3.05) is 14.2 Å². The zero-order chi connectivity index (χ0) is 15.9. The van der Waals surface area contributed by atoms with Gasteiger partial charge in [0.15, 0.2) is 0 Å². The lowest BCUT2D eigenvalue weighted by atomic mass is 10.2. The summed E-state index contributed by atoms with van der Waals surface area (Å²) in [6.07, 6.45) is 0. The first-order chi connectivity index (χ1) is 10.6. The largest absolute Gasteiger partial charge is 0.496 e. The fraction of sp³-hybridized carbons (Fsp3) is 0.235. The Labute approximate surface area is 139 Å². The molecule has 0 unspecified atom stereocenters. The molecule has 116 valence electrons. The molecule has 0 aliphatic carbocycles. The lowest BCUT2D eigenvalue weighted by Gasteiger charge is -2.18. The van der Waals surface area contributed by atoms with E-state index < -0.39 is 0 Å². The van der Waals surface area contributed by atoms with Gasteiger partial charge in [-0.15, -0.1) is 0 Å². The number of ether oxygens (including phenoxy) is 1. The molecule has 5 heteroatoms. The molecule has 0 aliphatic heterocycles. The van der Waals surface area contributed by atoms with Gasteiger partial charge in [-0.2, -0.15) is 0 Å². The van der Waals surface area contributed by atoms with E-state index in [-0.39, 0.29) is 6.03 Å². The van der Waals surface area contributed by atoms with E-state index in [2.05, 4.69) is 21.2 Å². The molecule has 0 fully saturated rings. The fourth-order valence-electron chi connectivity index (χ4n) is 2.09. The maximum Gasteiger partial charge on any atom is 0.317 e. The number of para-hydroxylation sites is 1. The summed E-state index contributed by atoms with van der Waals surface area (Å²) in [5.74, 6) is 0.776. The van der Waals surface area contributed by atoms with Crippen LogP contribution < -0.4 is 10.1 Å². The Bertz CT molecular complexity index is 629. The Morgan fingerprint density at radius 2 is 1.86 bits per heavy atom. The number of methoxy groups -OCH3 is 1. The summed E-state index contributed by atoms with van der Waals surface area (Å²) < 4.78 is 6.30. The number of benzene rings is 2.